The highest BCUT2D eigenvalue weighted by atomic mass is 31.2. The molecular weight excluding hydrogens is 301 g/mol. The fourth-order valence-electron chi connectivity index (χ4n) is 2.97. The minimum absolute atomic E-state index is 0.169. The SMILES string of the molecule is CCOP(=O)(OCC)C1CCCN1Cc1ccccc1OC. The van der Waals surface area contributed by atoms with Gasteiger partial charge in [-0.1, -0.05) is 18.2 Å². The number of rotatable bonds is 8. The summed E-state index contributed by atoms with van der Waals surface area (Å²) < 4.78 is 29.5. The molecule has 1 aromatic carbocycles. The minimum atomic E-state index is -3.10. The predicted molar refractivity (Wildman–Crippen MR) is 87.3 cm³/mol. The van der Waals surface area contributed by atoms with E-state index in [9.17, 15) is 4.57 Å². The average molecular weight is 327 g/mol. The molecule has 1 aliphatic rings. The van der Waals surface area contributed by atoms with Gasteiger partial charge in [-0.25, -0.2) is 0 Å². The summed E-state index contributed by atoms with van der Waals surface area (Å²) in [6.07, 6.45) is 1.84. The molecule has 1 fully saturated rings. The van der Waals surface area contributed by atoms with Gasteiger partial charge in [-0.3, -0.25) is 9.46 Å². The summed E-state index contributed by atoms with van der Waals surface area (Å²) in [7, 11) is -1.43. The fraction of sp³-hybridized carbons (Fsp3) is 0.625. The summed E-state index contributed by atoms with van der Waals surface area (Å²) in [6, 6.07) is 7.94. The number of ether oxygens (including phenoxy) is 1. The van der Waals surface area contributed by atoms with Gasteiger partial charge in [0.05, 0.1) is 20.3 Å². The Morgan fingerprint density at radius 1 is 1.23 bits per heavy atom. The van der Waals surface area contributed by atoms with Crippen molar-refractivity contribution in [2.24, 2.45) is 0 Å². The maximum Gasteiger partial charge on any atom is 0.347 e. The molecule has 0 N–H and O–H groups in total. The fourth-order valence-corrected chi connectivity index (χ4v) is 5.21. The lowest BCUT2D eigenvalue weighted by molar-refractivity contribution is 0.178. The van der Waals surface area contributed by atoms with Gasteiger partial charge in [0.15, 0.2) is 0 Å². The van der Waals surface area contributed by atoms with Crippen LogP contribution in [-0.2, 0) is 20.2 Å². The molecule has 1 saturated heterocycles. The Bertz CT molecular complexity index is 513. The third-order valence-corrected chi connectivity index (χ3v) is 6.43. The molecule has 6 heteroatoms. The second-order valence-corrected chi connectivity index (χ2v) is 7.47. The van der Waals surface area contributed by atoms with Crippen molar-refractivity contribution in [3.63, 3.8) is 0 Å². The lowest BCUT2D eigenvalue weighted by atomic mass is 10.2. The molecule has 1 aliphatic heterocycles. The van der Waals surface area contributed by atoms with Gasteiger partial charge in [0.1, 0.15) is 11.5 Å². The summed E-state index contributed by atoms with van der Waals surface area (Å²) in [4.78, 5) is 2.20. The van der Waals surface area contributed by atoms with Crippen LogP contribution < -0.4 is 4.74 Å². The molecule has 1 heterocycles. The van der Waals surface area contributed by atoms with Crippen molar-refractivity contribution in [3.05, 3.63) is 29.8 Å². The Labute approximate surface area is 133 Å². The van der Waals surface area contributed by atoms with Crippen molar-refractivity contribution in [2.45, 2.75) is 39.0 Å². The molecule has 2 rings (SSSR count). The molecule has 124 valence electrons. The number of nitrogens with zero attached hydrogens (tertiary/aromatic N) is 1. The van der Waals surface area contributed by atoms with E-state index in [0.29, 0.717) is 19.8 Å². The number of hydrogen-bond donors (Lipinski definition) is 0. The van der Waals surface area contributed by atoms with Crippen molar-refractivity contribution in [1.29, 1.82) is 0 Å². The summed E-state index contributed by atoms with van der Waals surface area (Å²) >= 11 is 0. The summed E-state index contributed by atoms with van der Waals surface area (Å²) in [6.45, 7) is 6.09. The topological polar surface area (TPSA) is 48.0 Å². The molecule has 22 heavy (non-hydrogen) atoms. The summed E-state index contributed by atoms with van der Waals surface area (Å²) in [5.41, 5.74) is 1.09. The van der Waals surface area contributed by atoms with Crippen molar-refractivity contribution in [1.82, 2.24) is 4.90 Å². The van der Waals surface area contributed by atoms with Gasteiger partial charge in [-0.15, -0.1) is 0 Å². The number of para-hydroxylation sites is 1. The lowest BCUT2D eigenvalue weighted by Crippen LogP contribution is -2.30. The third kappa shape index (κ3) is 3.90. The molecule has 1 aromatic rings. The minimum Gasteiger partial charge on any atom is -0.496 e. The van der Waals surface area contributed by atoms with E-state index < -0.39 is 7.60 Å². The van der Waals surface area contributed by atoms with E-state index in [1.54, 1.807) is 7.11 Å². The quantitative estimate of drug-likeness (QED) is 0.678. The van der Waals surface area contributed by atoms with E-state index in [2.05, 4.69) is 4.90 Å². The Hall–Kier alpha value is -0.870. The number of hydrogen-bond acceptors (Lipinski definition) is 5. The predicted octanol–water partition coefficient (Wildman–Crippen LogP) is 3.88. The first-order valence-electron chi connectivity index (χ1n) is 7.89. The molecule has 0 bridgehead atoms. The van der Waals surface area contributed by atoms with Gasteiger partial charge in [-0.05, 0) is 39.3 Å². The van der Waals surface area contributed by atoms with E-state index in [4.69, 9.17) is 13.8 Å². The lowest BCUT2D eigenvalue weighted by Gasteiger charge is -2.30. The van der Waals surface area contributed by atoms with Crippen LogP contribution in [0.4, 0.5) is 0 Å². The van der Waals surface area contributed by atoms with E-state index >= 15 is 0 Å². The molecule has 1 unspecified atom stereocenters. The molecule has 0 spiro atoms. The highest BCUT2D eigenvalue weighted by molar-refractivity contribution is 7.54. The first kappa shape index (κ1) is 17.5. The second kappa shape index (κ2) is 8.11. The van der Waals surface area contributed by atoms with Gasteiger partial charge in [0.2, 0.25) is 0 Å². The Balaban J connectivity index is 2.17. The first-order chi connectivity index (χ1) is 10.6. The monoisotopic (exact) mass is 327 g/mol. The van der Waals surface area contributed by atoms with E-state index in [-0.39, 0.29) is 5.78 Å². The smallest absolute Gasteiger partial charge is 0.347 e. The van der Waals surface area contributed by atoms with Crippen molar-refractivity contribution < 1.29 is 18.3 Å². The average Bonchev–Trinajstić information content (AvgIpc) is 2.97. The van der Waals surface area contributed by atoms with Crippen molar-refractivity contribution >= 4 is 7.60 Å². The zero-order valence-electron chi connectivity index (χ0n) is 13.7. The van der Waals surface area contributed by atoms with Crippen molar-refractivity contribution in [2.75, 3.05) is 26.9 Å². The second-order valence-electron chi connectivity index (χ2n) is 5.28. The zero-order chi connectivity index (χ0) is 16.0. The van der Waals surface area contributed by atoms with Crippen LogP contribution in [0.1, 0.15) is 32.3 Å². The molecule has 1 atom stereocenters. The van der Waals surface area contributed by atoms with Crippen LogP contribution in [0.25, 0.3) is 0 Å². The van der Waals surface area contributed by atoms with Gasteiger partial charge in [-0.2, -0.15) is 0 Å². The van der Waals surface area contributed by atoms with E-state index in [1.165, 1.54) is 0 Å². The van der Waals surface area contributed by atoms with Crippen LogP contribution in [0.15, 0.2) is 24.3 Å². The zero-order valence-corrected chi connectivity index (χ0v) is 14.6. The summed E-state index contributed by atoms with van der Waals surface area (Å²) in [5, 5.41) is 0. The van der Waals surface area contributed by atoms with E-state index in [1.807, 2.05) is 38.1 Å². The molecule has 0 aliphatic carbocycles. The van der Waals surface area contributed by atoms with Crippen LogP contribution in [0, 0.1) is 0 Å². The standard InChI is InChI=1S/C16H26NO4P/c1-4-20-22(18,21-5-2)16-11-8-12-17(16)13-14-9-6-7-10-15(14)19-3/h6-7,9-10,16H,4-5,8,11-13H2,1-3H3. The Morgan fingerprint density at radius 2 is 1.91 bits per heavy atom. The van der Waals surface area contributed by atoms with Crippen LogP contribution in [0.2, 0.25) is 0 Å². The molecule has 0 radical (unpaired) electrons. The van der Waals surface area contributed by atoms with Crippen LogP contribution in [0.3, 0.4) is 0 Å². The van der Waals surface area contributed by atoms with Gasteiger partial charge in [0, 0.05) is 12.1 Å². The van der Waals surface area contributed by atoms with Gasteiger partial charge >= 0.3 is 7.60 Å². The number of likely N-dealkylation sites (tertiary alicyclic amines) is 1. The maximum atomic E-state index is 13.1. The molecule has 5 nitrogen and oxygen atoms in total. The molecular formula is C16H26NO4P. The first-order valence-corrected chi connectivity index (χ1v) is 9.50. The highest BCUT2D eigenvalue weighted by Gasteiger charge is 2.42. The number of benzene rings is 1. The largest absolute Gasteiger partial charge is 0.496 e. The highest BCUT2D eigenvalue weighted by Crippen LogP contribution is 2.57. The van der Waals surface area contributed by atoms with E-state index in [0.717, 1.165) is 30.7 Å². The normalized spacial score (nSPS) is 19.5. The molecule has 0 aromatic heterocycles. The Morgan fingerprint density at radius 3 is 2.55 bits per heavy atom. The number of methoxy groups -OCH3 is 1. The van der Waals surface area contributed by atoms with Crippen LogP contribution >= 0.6 is 7.60 Å². The van der Waals surface area contributed by atoms with Gasteiger partial charge in [0.25, 0.3) is 0 Å². The van der Waals surface area contributed by atoms with Crippen LogP contribution in [0.5, 0.6) is 5.75 Å². The van der Waals surface area contributed by atoms with Crippen molar-refractivity contribution in [3.8, 4) is 5.75 Å². The molecule has 0 saturated carbocycles. The van der Waals surface area contributed by atoms with Gasteiger partial charge < -0.3 is 13.8 Å². The van der Waals surface area contributed by atoms with Crippen LogP contribution in [-0.4, -0.2) is 37.6 Å². The maximum absolute atomic E-state index is 13.1. The Kier molecular flexibility index (Phi) is 6.45. The third-order valence-electron chi connectivity index (χ3n) is 3.88. The molecule has 0 amide bonds. The summed E-state index contributed by atoms with van der Waals surface area (Å²) in [5.74, 6) is 0.688.